The van der Waals surface area contributed by atoms with Gasteiger partial charge in [-0.25, -0.2) is 4.57 Å². The van der Waals surface area contributed by atoms with Crippen LogP contribution in [0.15, 0.2) is 60.7 Å². The second-order valence-corrected chi connectivity index (χ2v) is 13.6. The van der Waals surface area contributed by atoms with Crippen molar-refractivity contribution in [3.05, 3.63) is 71.8 Å². The van der Waals surface area contributed by atoms with Crippen LogP contribution in [0.25, 0.3) is 11.1 Å². The van der Waals surface area contributed by atoms with Crippen LogP contribution in [0, 0.1) is 0 Å². The zero-order valence-corrected chi connectivity index (χ0v) is 28.4. The molecule has 1 amide bonds. The summed E-state index contributed by atoms with van der Waals surface area (Å²) in [6.45, 7) is 2.05. The quantitative estimate of drug-likeness (QED) is 0.0447. The Balaban J connectivity index is 1.32. The number of unbranched alkanes of at least 4 members (excludes halogenated alkanes) is 11. The number of benzene rings is 2. The van der Waals surface area contributed by atoms with Crippen molar-refractivity contribution in [3.8, 4) is 11.1 Å². The second kappa shape index (κ2) is 21.2. The van der Waals surface area contributed by atoms with Crippen molar-refractivity contribution in [3.63, 3.8) is 0 Å². The number of esters is 1. The first-order valence-corrected chi connectivity index (χ1v) is 18.8. The fourth-order valence-electron chi connectivity index (χ4n) is 6.02. The van der Waals surface area contributed by atoms with E-state index in [-0.39, 0.29) is 37.9 Å². The molecule has 3 N–H and O–H groups in total. The van der Waals surface area contributed by atoms with Gasteiger partial charge in [0, 0.05) is 18.8 Å². The van der Waals surface area contributed by atoms with Gasteiger partial charge in [-0.2, -0.15) is 0 Å². The standard InChI is InChI=1S/C37H54NO7P/c1-2-3-4-5-6-7-8-9-10-11-12-13-14-15-16-25-36(39)38-30(28-45-46(41,42)43)26-27-37(40)44-29-35-33-23-19-17-21-31(33)32-22-18-20-24-34(32)35/h9-10,17-24,30,35H,2-8,11-16,25-29H2,1H3,(H,38,39)(H2,41,42,43)/b10-9-/t30-/m1/s1. The normalized spacial score (nSPS) is 13.5. The molecule has 0 spiro atoms. The van der Waals surface area contributed by atoms with Gasteiger partial charge < -0.3 is 19.8 Å². The summed E-state index contributed by atoms with van der Waals surface area (Å²) >= 11 is 0. The molecule has 0 fully saturated rings. The van der Waals surface area contributed by atoms with E-state index in [1.54, 1.807) is 0 Å². The minimum Gasteiger partial charge on any atom is -0.465 e. The van der Waals surface area contributed by atoms with E-state index in [1.165, 1.54) is 44.9 Å². The van der Waals surface area contributed by atoms with E-state index in [9.17, 15) is 23.9 Å². The molecular formula is C37H54NO7P. The summed E-state index contributed by atoms with van der Waals surface area (Å²) in [5.41, 5.74) is 4.52. The minimum atomic E-state index is -4.73. The largest absolute Gasteiger partial charge is 0.469 e. The summed E-state index contributed by atoms with van der Waals surface area (Å²) in [6.07, 6.45) is 20.3. The van der Waals surface area contributed by atoms with Crippen molar-refractivity contribution in [2.45, 2.75) is 122 Å². The smallest absolute Gasteiger partial charge is 0.465 e. The van der Waals surface area contributed by atoms with Gasteiger partial charge in [0.1, 0.15) is 6.61 Å². The first-order chi connectivity index (χ1) is 22.3. The van der Waals surface area contributed by atoms with Gasteiger partial charge in [-0.05, 0) is 60.8 Å². The van der Waals surface area contributed by atoms with Crippen molar-refractivity contribution >= 4 is 19.7 Å². The topological polar surface area (TPSA) is 122 Å². The van der Waals surface area contributed by atoms with Crippen LogP contribution in [0.4, 0.5) is 0 Å². The number of amides is 1. The molecule has 0 heterocycles. The number of ether oxygens (including phenoxy) is 1. The third-order valence-electron chi connectivity index (χ3n) is 8.55. The van der Waals surface area contributed by atoms with Crippen molar-refractivity contribution in [2.24, 2.45) is 0 Å². The Labute approximate surface area is 275 Å². The Hall–Kier alpha value is -2.77. The second-order valence-electron chi connectivity index (χ2n) is 12.3. The Bertz CT molecular complexity index is 1230. The number of rotatable bonds is 24. The number of allylic oxidation sites excluding steroid dienone is 2. The summed E-state index contributed by atoms with van der Waals surface area (Å²) in [4.78, 5) is 43.7. The van der Waals surface area contributed by atoms with Crippen LogP contribution >= 0.6 is 7.82 Å². The molecule has 0 saturated carbocycles. The molecule has 254 valence electrons. The van der Waals surface area contributed by atoms with Gasteiger partial charge in [0.15, 0.2) is 0 Å². The van der Waals surface area contributed by atoms with Crippen molar-refractivity contribution in [1.82, 2.24) is 5.32 Å². The van der Waals surface area contributed by atoms with E-state index in [0.717, 1.165) is 60.8 Å². The highest BCUT2D eigenvalue weighted by atomic mass is 31.2. The van der Waals surface area contributed by atoms with Crippen LogP contribution in [0.5, 0.6) is 0 Å². The fraction of sp³-hybridized carbons (Fsp3) is 0.568. The van der Waals surface area contributed by atoms with E-state index < -0.39 is 19.8 Å². The number of fused-ring (bicyclic) bond motifs is 3. The van der Waals surface area contributed by atoms with E-state index in [2.05, 4.69) is 53.2 Å². The zero-order chi connectivity index (χ0) is 33.0. The first kappa shape index (κ1) is 37.7. The molecule has 9 heteroatoms. The number of hydrogen-bond donors (Lipinski definition) is 3. The Morgan fingerprint density at radius 3 is 1.93 bits per heavy atom. The monoisotopic (exact) mass is 655 g/mol. The van der Waals surface area contributed by atoms with E-state index in [4.69, 9.17) is 4.74 Å². The predicted molar refractivity (Wildman–Crippen MR) is 183 cm³/mol. The van der Waals surface area contributed by atoms with E-state index >= 15 is 0 Å². The molecule has 1 atom stereocenters. The average molecular weight is 656 g/mol. The van der Waals surface area contributed by atoms with Crippen LogP contribution in [0.1, 0.15) is 127 Å². The van der Waals surface area contributed by atoms with Crippen LogP contribution in [-0.2, 0) is 23.4 Å². The summed E-state index contributed by atoms with van der Waals surface area (Å²) in [6, 6.07) is 15.5. The van der Waals surface area contributed by atoms with Crippen molar-refractivity contribution in [1.29, 1.82) is 0 Å². The van der Waals surface area contributed by atoms with Crippen molar-refractivity contribution in [2.75, 3.05) is 13.2 Å². The van der Waals surface area contributed by atoms with Crippen molar-refractivity contribution < 1.29 is 33.2 Å². The molecule has 0 bridgehead atoms. The van der Waals surface area contributed by atoms with Gasteiger partial charge >= 0.3 is 13.8 Å². The Morgan fingerprint density at radius 1 is 0.804 bits per heavy atom. The first-order valence-electron chi connectivity index (χ1n) is 17.3. The molecule has 0 unspecified atom stereocenters. The van der Waals surface area contributed by atoms with Gasteiger partial charge in [-0.15, -0.1) is 0 Å². The molecule has 3 rings (SSSR count). The number of hydrogen-bond acceptors (Lipinski definition) is 5. The SMILES string of the molecule is CCCCCCCC/C=C\CCCCCCCC(=O)N[C@H](CCC(=O)OCC1c2ccccc2-c2ccccc21)COP(=O)(O)O. The lowest BCUT2D eigenvalue weighted by molar-refractivity contribution is -0.144. The lowest BCUT2D eigenvalue weighted by atomic mass is 9.98. The van der Waals surface area contributed by atoms with Gasteiger partial charge in [0.05, 0.1) is 12.6 Å². The fourth-order valence-corrected chi connectivity index (χ4v) is 6.39. The van der Waals surface area contributed by atoms with Gasteiger partial charge in [0.2, 0.25) is 5.91 Å². The molecule has 0 radical (unpaired) electrons. The molecule has 1 aliphatic carbocycles. The number of phosphoric ester groups is 1. The van der Waals surface area contributed by atoms with E-state index in [1.807, 2.05) is 24.3 Å². The molecule has 8 nitrogen and oxygen atoms in total. The third-order valence-corrected chi connectivity index (χ3v) is 9.03. The molecular weight excluding hydrogens is 601 g/mol. The third kappa shape index (κ3) is 14.3. The maximum atomic E-state index is 12.7. The van der Waals surface area contributed by atoms with Crippen LogP contribution in [0.3, 0.4) is 0 Å². The van der Waals surface area contributed by atoms with Crippen LogP contribution in [-0.4, -0.2) is 40.9 Å². The van der Waals surface area contributed by atoms with Gasteiger partial charge in [-0.3, -0.25) is 14.1 Å². The molecule has 2 aromatic rings. The maximum absolute atomic E-state index is 12.7. The molecule has 0 aliphatic heterocycles. The maximum Gasteiger partial charge on any atom is 0.469 e. The van der Waals surface area contributed by atoms with Gasteiger partial charge in [0.25, 0.3) is 0 Å². The molecule has 46 heavy (non-hydrogen) atoms. The Kier molecular flexibility index (Phi) is 17.3. The summed E-state index contributed by atoms with van der Waals surface area (Å²) < 4.78 is 21.6. The van der Waals surface area contributed by atoms with Crippen LogP contribution < -0.4 is 5.32 Å². The molecule has 1 aliphatic rings. The summed E-state index contributed by atoms with van der Waals surface area (Å²) in [5, 5.41) is 2.79. The Morgan fingerprint density at radius 2 is 1.35 bits per heavy atom. The summed E-state index contributed by atoms with van der Waals surface area (Å²) in [5.74, 6) is -0.713. The van der Waals surface area contributed by atoms with Gasteiger partial charge in [-0.1, -0.05) is 119 Å². The minimum absolute atomic E-state index is 0.0150. The number of phosphoric acid groups is 1. The average Bonchev–Trinajstić information content (AvgIpc) is 3.36. The number of carbonyl (C=O) groups is 2. The predicted octanol–water partition coefficient (Wildman–Crippen LogP) is 8.75. The lowest BCUT2D eigenvalue weighted by Gasteiger charge is -2.19. The van der Waals surface area contributed by atoms with Crippen LogP contribution in [0.2, 0.25) is 0 Å². The molecule has 2 aromatic carbocycles. The zero-order valence-electron chi connectivity index (χ0n) is 27.5. The molecule has 0 saturated heterocycles. The molecule has 0 aromatic heterocycles. The highest BCUT2D eigenvalue weighted by Crippen LogP contribution is 2.44. The number of carbonyl (C=O) groups excluding carboxylic acids is 2. The van der Waals surface area contributed by atoms with E-state index in [0.29, 0.717) is 6.42 Å². The number of nitrogens with one attached hydrogen (secondary N) is 1. The summed E-state index contributed by atoms with van der Waals surface area (Å²) in [7, 11) is -4.73. The lowest BCUT2D eigenvalue weighted by Crippen LogP contribution is -2.38. The highest BCUT2D eigenvalue weighted by molar-refractivity contribution is 7.46. The highest BCUT2D eigenvalue weighted by Gasteiger charge is 2.29.